The number of esters is 2. The zero-order valence-electron chi connectivity index (χ0n) is 34.0. The Morgan fingerprint density at radius 2 is 1.67 bits per heavy atom. The van der Waals surface area contributed by atoms with E-state index >= 15 is 0 Å². The topological polar surface area (TPSA) is 97.4 Å². The van der Waals surface area contributed by atoms with Gasteiger partial charge in [-0.1, -0.05) is 85.8 Å². The number of carbonyl (C=O) groups excluding carboxylic acids is 3. The first-order chi connectivity index (χ1) is 24.2. The van der Waals surface area contributed by atoms with Crippen molar-refractivity contribution in [3.63, 3.8) is 0 Å². The molecule has 2 aliphatic carbocycles. The smallest absolute Gasteiger partial charge is 0.347 e. The Morgan fingerprint density at radius 1 is 1.00 bits per heavy atom. The van der Waals surface area contributed by atoms with Gasteiger partial charge in [-0.2, -0.15) is 0 Å². The summed E-state index contributed by atoms with van der Waals surface area (Å²) in [4.78, 5) is 40.1. The van der Waals surface area contributed by atoms with E-state index in [4.69, 9.17) is 23.1 Å². The molecule has 10 heteroatoms. The summed E-state index contributed by atoms with van der Waals surface area (Å²) in [7, 11) is -2.35. The molecular weight excluding hydrogens is 689 g/mol. The molecule has 1 fully saturated rings. The zero-order valence-corrected chi connectivity index (χ0v) is 36.0. The predicted molar refractivity (Wildman–Crippen MR) is 209 cm³/mol. The molecule has 1 aromatic rings. The summed E-state index contributed by atoms with van der Waals surface area (Å²) < 4.78 is 32.4. The van der Waals surface area contributed by atoms with Gasteiger partial charge in [-0.15, -0.1) is 0 Å². The summed E-state index contributed by atoms with van der Waals surface area (Å²) in [5, 5.41) is 0. The number of ether oxygens (including phenoxy) is 3. The van der Waals surface area contributed by atoms with Crippen molar-refractivity contribution < 1.29 is 37.4 Å². The molecule has 2 radical (unpaired) electrons. The molecule has 0 aromatic heterocycles. The number of Topliss-reactive ketones (excluding diaryl/α,β-unsaturated/α-hetero) is 1. The van der Waals surface area contributed by atoms with Crippen LogP contribution in [0.3, 0.4) is 0 Å². The van der Waals surface area contributed by atoms with Crippen LogP contribution in [-0.2, 0) is 27.9 Å². The van der Waals surface area contributed by atoms with Gasteiger partial charge in [0.05, 0.1) is 11.2 Å². The third-order valence-corrected chi connectivity index (χ3v) is 12.7. The van der Waals surface area contributed by atoms with Gasteiger partial charge in [-0.3, -0.25) is 4.79 Å². The summed E-state index contributed by atoms with van der Waals surface area (Å²) in [6.07, 6.45) is 7.66. The molecule has 3 aliphatic rings. The van der Waals surface area contributed by atoms with Crippen LogP contribution in [0.25, 0.3) is 0 Å². The average molecular weight is 753 g/mol. The van der Waals surface area contributed by atoms with Gasteiger partial charge < -0.3 is 23.1 Å². The number of allylic oxidation sites excluding steroid dienone is 2. The second kappa shape index (κ2) is 16.9. The third kappa shape index (κ3) is 9.76. The second-order valence-corrected chi connectivity index (χ2v) is 21.8. The highest BCUT2D eigenvalue weighted by Crippen LogP contribution is 2.53. The summed E-state index contributed by atoms with van der Waals surface area (Å²) in [5.74, 6) is -0.476. The minimum absolute atomic E-state index is 0.0155. The molecule has 9 atom stereocenters. The standard InChI is InChI=1S/C42H64O8Si2/c1-14-33(47-34-18-16-15-17-31(34)27(3)43)38(44)48-35-24-29(40(4,5)6)23-28-20-19-26(2)42(36(28)35,50-52(12)13)22-21-30-25-32(41(7,8)9)37(39(45)46-30)49-51(10)11/h15-20,23,26,29-30,32-33,35-37H,14,21-22,24-25H2,1-13H3/t26-,29+,30+,32-,33?,35-,36+,37?,42-/m0/s1. The van der Waals surface area contributed by atoms with Gasteiger partial charge in [0, 0.05) is 17.8 Å². The Bertz CT molecular complexity index is 1490. The van der Waals surface area contributed by atoms with Crippen LogP contribution in [0.15, 0.2) is 48.1 Å². The fourth-order valence-corrected chi connectivity index (χ4v) is 10.2. The van der Waals surface area contributed by atoms with Crippen LogP contribution in [0.1, 0.15) is 105 Å². The van der Waals surface area contributed by atoms with Crippen LogP contribution >= 0.6 is 0 Å². The van der Waals surface area contributed by atoms with Gasteiger partial charge in [0.25, 0.3) is 0 Å². The minimum atomic E-state index is -1.24. The van der Waals surface area contributed by atoms with Gasteiger partial charge >= 0.3 is 11.9 Å². The number of benzene rings is 1. The molecule has 288 valence electrons. The SMILES string of the molecule is CCC(Oc1ccccc1C(C)=O)C(=O)O[C@H]1C[C@H](C(C)(C)C)C=C2C=C[C@H](C)[C@](CC[C@@H]3C[C@H](C(C)(C)C)C(O[Si](C)C)C(=O)O3)(O[Si](C)C)[C@H]21. The van der Waals surface area contributed by atoms with Crippen molar-refractivity contribution in [3.8, 4) is 5.75 Å². The first-order valence-corrected chi connectivity index (χ1v) is 24.0. The van der Waals surface area contributed by atoms with Crippen molar-refractivity contribution in [3.05, 3.63) is 53.6 Å². The van der Waals surface area contributed by atoms with E-state index in [-0.39, 0.29) is 52.4 Å². The lowest BCUT2D eigenvalue weighted by Gasteiger charge is -2.54. The van der Waals surface area contributed by atoms with Gasteiger partial charge in [0.15, 0.2) is 11.9 Å². The van der Waals surface area contributed by atoms with Gasteiger partial charge in [0.1, 0.15) is 24.1 Å². The molecule has 1 aromatic carbocycles. The van der Waals surface area contributed by atoms with E-state index in [0.717, 1.165) is 12.0 Å². The Morgan fingerprint density at radius 3 is 2.25 bits per heavy atom. The second-order valence-electron chi connectivity index (χ2n) is 17.8. The fourth-order valence-electron chi connectivity index (χ4n) is 8.30. The molecule has 0 N–H and O–H groups in total. The van der Waals surface area contributed by atoms with E-state index in [9.17, 15) is 14.4 Å². The number of hydrogen-bond acceptors (Lipinski definition) is 8. The van der Waals surface area contributed by atoms with Crippen LogP contribution in [0.5, 0.6) is 5.75 Å². The molecule has 52 heavy (non-hydrogen) atoms. The Hall–Kier alpha value is -2.54. The quantitative estimate of drug-likeness (QED) is 0.112. The number of carbonyl (C=O) groups is 3. The molecule has 1 saturated heterocycles. The number of hydrogen-bond donors (Lipinski definition) is 0. The van der Waals surface area contributed by atoms with Crippen LogP contribution < -0.4 is 4.74 Å². The predicted octanol–water partition coefficient (Wildman–Crippen LogP) is 9.17. The van der Waals surface area contributed by atoms with E-state index in [1.807, 2.05) is 6.92 Å². The first kappa shape index (κ1) is 42.2. The number of cyclic esters (lactones) is 1. The third-order valence-electron chi connectivity index (χ3n) is 11.2. The fraction of sp³-hybridized carbons (Fsp3) is 0.690. The number of fused-ring (bicyclic) bond motifs is 1. The Labute approximate surface area is 316 Å². The van der Waals surface area contributed by atoms with Crippen LogP contribution in [0.2, 0.25) is 26.2 Å². The summed E-state index contributed by atoms with van der Waals surface area (Å²) in [6.45, 7) is 27.2. The molecule has 4 rings (SSSR count). The van der Waals surface area contributed by atoms with Crippen LogP contribution in [0, 0.1) is 34.5 Å². The zero-order chi connectivity index (χ0) is 38.8. The van der Waals surface area contributed by atoms with Gasteiger partial charge in [-0.05, 0) is 99.7 Å². The van der Waals surface area contributed by atoms with Crippen molar-refractivity contribution in [2.24, 2.45) is 34.5 Å². The lowest BCUT2D eigenvalue weighted by molar-refractivity contribution is -0.180. The summed E-state index contributed by atoms with van der Waals surface area (Å²) >= 11 is 0. The Balaban J connectivity index is 1.70. The molecule has 0 saturated carbocycles. The molecular formula is C42H64O8Si2. The van der Waals surface area contributed by atoms with Crippen molar-refractivity contribution in [1.82, 2.24) is 0 Å². The highest BCUT2D eigenvalue weighted by atomic mass is 28.3. The lowest BCUT2D eigenvalue weighted by Crippen LogP contribution is -2.58. The molecule has 2 unspecified atom stereocenters. The molecule has 1 aliphatic heterocycles. The number of ketones is 1. The van der Waals surface area contributed by atoms with Gasteiger partial charge in [-0.25, -0.2) is 9.59 Å². The molecule has 0 spiro atoms. The molecule has 0 bridgehead atoms. The van der Waals surface area contributed by atoms with Crippen molar-refractivity contribution >= 4 is 35.8 Å². The molecule has 1 heterocycles. The van der Waals surface area contributed by atoms with E-state index < -0.39 is 48.0 Å². The van der Waals surface area contributed by atoms with E-state index in [1.54, 1.807) is 24.3 Å². The minimum Gasteiger partial charge on any atom is -0.478 e. The van der Waals surface area contributed by atoms with Crippen molar-refractivity contribution in [2.45, 2.75) is 151 Å². The number of para-hydroxylation sites is 1. The van der Waals surface area contributed by atoms with E-state index in [1.165, 1.54) is 6.92 Å². The maximum atomic E-state index is 14.2. The average Bonchev–Trinajstić information content (AvgIpc) is 3.03. The maximum absolute atomic E-state index is 14.2. The lowest BCUT2D eigenvalue weighted by atomic mass is 9.59. The van der Waals surface area contributed by atoms with Crippen LogP contribution in [-0.4, -0.2) is 65.8 Å². The Kier molecular flexibility index (Phi) is 13.7. The molecule has 0 amide bonds. The van der Waals surface area contributed by atoms with E-state index in [0.29, 0.717) is 37.0 Å². The monoisotopic (exact) mass is 752 g/mol. The summed E-state index contributed by atoms with van der Waals surface area (Å²) in [6, 6.07) is 7.03. The van der Waals surface area contributed by atoms with Crippen molar-refractivity contribution in [2.75, 3.05) is 0 Å². The highest BCUT2D eigenvalue weighted by molar-refractivity contribution is 6.49. The highest BCUT2D eigenvalue weighted by Gasteiger charge is 2.55. The largest absolute Gasteiger partial charge is 0.478 e. The van der Waals surface area contributed by atoms with Crippen LogP contribution in [0.4, 0.5) is 0 Å². The summed E-state index contributed by atoms with van der Waals surface area (Å²) in [5.41, 5.74) is 0.675. The first-order valence-electron chi connectivity index (χ1n) is 19.2. The van der Waals surface area contributed by atoms with Gasteiger partial charge in [0.2, 0.25) is 18.1 Å². The van der Waals surface area contributed by atoms with E-state index in [2.05, 4.69) is 92.9 Å². The van der Waals surface area contributed by atoms with Crippen molar-refractivity contribution in [1.29, 1.82) is 0 Å². The number of rotatable bonds is 13. The molecule has 8 nitrogen and oxygen atoms in total. The normalized spacial score (nSPS) is 30.0. The maximum Gasteiger partial charge on any atom is 0.347 e.